The summed E-state index contributed by atoms with van der Waals surface area (Å²) in [6, 6.07) is 12.1. The van der Waals surface area contributed by atoms with Gasteiger partial charge < -0.3 is 15.4 Å². The molecule has 4 aromatic rings. The summed E-state index contributed by atoms with van der Waals surface area (Å²) in [6.45, 7) is 5.68. The number of amides is 1. The van der Waals surface area contributed by atoms with E-state index in [9.17, 15) is 4.79 Å². The van der Waals surface area contributed by atoms with Crippen molar-refractivity contribution in [2.75, 3.05) is 25.6 Å². The molecule has 160 valence electrons. The molecule has 1 amide bonds. The number of imidazole rings is 1. The Morgan fingerprint density at radius 1 is 1.13 bits per heavy atom. The minimum Gasteiger partial charge on any atom is -0.383 e. The van der Waals surface area contributed by atoms with Crippen LogP contribution in [0.3, 0.4) is 0 Å². The average molecular weight is 436 g/mol. The molecule has 0 atom stereocenters. The SMILES string of the molecule is COCCNc1c(-c2ccc(C)cc2)nc2sc(C(=O)NCc3ccncc3)c(C)n12. The number of hydrogen-bond donors (Lipinski definition) is 2. The lowest BCUT2D eigenvalue weighted by atomic mass is 10.1. The lowest BCUT2D eigenvalue weighted by molar-refractivity contribution is 0.0954. The number of nitrogens with one attached hydrogen (secondary N) is 2. The van der Waals surface area contributed by atoms with E-state index in [4.69, 9.17) is 9.72 Å². The van der Waals surface area contributed by atoms with Crippen molar-refractivity contribution in [2.24, 2.45) is 0 Å². The number of nitrogens with zero attached hydrogens (tertiary/aromatic N) is 3. The summed E-state index contributed by atoms with van der Waals surface area (Å²) in [5.74, 6) is 0.766. The molecule has 0 fully saturated rings. The maximum atomic E-state index is 12.9. The standard InChI is InChI=1S/C23H25N5O2S/c1-15-4-6-18(7-5-15)19-21(25-12-13-30-3)28-16(2)20(31-23(28)27-19)22(29)26-14-17-8-10-24-11-9-17/h4-11,25H,12-14H2,1-3H3,(H,26,29). The summed E-state index contributed by atoms with van der Waals surface area (Å²) >= 11 is 1.40. The Bertz CT molecular complexity index is 1180. The van der Waals surface area contributed by atoms with Gasteiger partial charge in [-0.05, 0) is 31.5 Å². The summed E-state index contributed by atoms with van der Waals surface area (Å²) in [5.41, 5.74) is 4.96. The van der Waals surface area contributed by atoms with Gasteiger partial charge in [0.15, 0.2) is 4.96 Å². The molecule has 3 heterocycles. The van der Waals surface area contributed by atoms with Crippen molar-refractivity contribution in [3.05, 3.63) is 70.5 Å². The zero-order valence-electron chi connectivity index (χ0n) is 17.8. The molecule has 0 aliphatic rings. The van der Waals surface area contributed by atoms with Crippen molar-refractivity contribution < 1.29 is 9.53 Å². The third kappa shape index (κ3) is 4.45. The first-order valence-electron chi connectivity index (χ1n) is 10.1. The molecule has 7 nitrogen and oxygen atoms in total. The molecule has 0 saturated heterocycles. The second kappa shape index (κ2) is 9.28. The van der Waals surface area contributed by atoms with Crippen LogP contribution in [0.2, 0.25) is 0 Å². The van der Waals surface area contributed by atoms with E-state index >= 15 is 0 Å². The van der Waals surface area contributed by atoms with Crippen LogP contribution in [0, 0.1) is 13.8 Å². The number of carbonyl (C=O) groups excluding carboxylic acids is 1. The third-order valence-corrected chi connectivity index (χ3v) is 6.18. The molecule has 0 spiro atoms. The number of thiazole rings is 1. The molecule has 0 radical (unpaired) electrons. The quantitative estimate of drug-likeness (QED) is 0.408. The van der Waals surface area contributed by atoms with E-state index in [1.54, 1.807) is 19.5 Å². The number of rotatable bonds is 8. The molecular weight excluding hydrogens is 410 g/mol. The molecule has 2 N–H and O–H groups in total. The van der Waals surface area contributed by atoms with E-state index in [2.05, 4.69) is 46.8 Å². The van der Waals surface area contributed by atoms with Gasteiger partial charge in [0.25, 0.3) is 5.91 Å². The highest BCUT2D eigenvalue weighted by Crippen LogP contribution is 2.34. The minimum absolute atomic E-state index is 0.107. The van der Waals surface area contributed by atoms with Gasteiger partial charge in [0.2, 0.25) is 0 Å². The number of aryl methyl sites for hydroxylation is 2. The summed E-state index contributed by atoms with van der Waals surface area (Å²) in [6.07, 6.45) is 3.44. The highest BCUT2D eigenvalue weighted by atomic mass is 32.1. The van der Waals surface area contributed by atoms with Crippen LogP contribution in [0.1, 0.15) is 26.5 Å². The van der Waals surface area contributed by atoms with Gasteiger partial charge in [-0.25, -0.2) is 4.98 Å². The van der Waals surface area contributed by atoms with E-state index < -0.39 is 0 Å². The molecule has 3 aromatic heterocycles. The highest BCUT2D eigenvalue weighted by Gasteiger charge is 2.22. The molecule has 31 heavy (non-hydrogen) atoms. The monoisotopic (exact) mass is 435 g/mol. The van der Waals surface area contributed by atoms with Crippen LogP contribution in [-0.2, 0) is 11.3 Å². The molecule has 1 aromatic carbocycles. The zero-order valence-corrected chi connectivity index (χ0v) is 18.6. The maximum Gasteiger partial charge on any atom is 0.263 e. The number of carbonyl (C=O) groups is 1. The second-order valence-corrected chi connectivity index (χ2v) is 8.24. The molecular formula is C23H25N5O2S. The minimum atomic E-state index is -0.107. The Kier molecular flexibility index (Phi) is 6.29. The van der Waals surface area contributed by atoms with Crippen molar-refractivity contribution >= 4 is 28.0 Å². The van der Waals surface area contributed by atoms with Crippen LogP contribution in [-0.4, -0.2) is 40.5 Å². The van der Waals surface area contributed by atoms with Crippen LogP contribution in [0.4, 0.5) is 5.82 Å². The first-order chi connectivity index (χ1) is 15.1. The van der Waals surface area contributed by atoms with E-state index in [0.717, 1.165) is 33.3 Å². The average Bonchev–Trinajstić information content (AvgIpc) is 3.30. The van der Waals surface area contributed by atoms with Crippen LogP contribution in [0.25, 0.3) is 16.2 Å². The fourth-order valence-corrected chi connectivity index (χ4v) is 4.41. The van der Waals surface area contributed by atoms with Crippen molar-refractivity contribution in [3.63, 3.8) is 0 Å². The number of pyridine rings is 1. The van der Waals surface area contributed by atoms with E-state index in [0.29, 0.717) is 24.6 Å². The largest absolute Gasteiger partial charge is 0.383 e. The summed E-state index contributed by atoms with van der Waals surface area (Å²) in [5, 5.41) is 6.44. The third-order valence-electron chi connectivity index (χ3n) is 5.04. The van der Waals surface area contributed by atoms with Gasteiger partial charge in [-0.15, -0.1) is 0 Å². The van der Waals surface area contributed by atoms with Gasteiger partial charge in [0.05, 0.1) is 6.61 Å². The number of aromatic nitrogens is 3. The molecule has 4 rings (SSSR count). The summed E-state index contributed by atoms with van der Waals surface area (Å²) in [4.78, 5) is 23.2. The summed E-state index contributed by atoms with van der Waals surface area (Å²) in [7, 11) is 1.68. The topological polar surface area (TPSA) is 80.5 Å². The first kappa shape index (κ1) is 21.0. The lowest BCUT2D eigenvalue weighted by Crippen LogP contribution is -2.22. The van der Waals surface area contributed by atoms with Crippen LogP contribution in [0.15, 0.2) is 48.8 Å². The van der Waals surface area contributed by atoms with Crippen molar-refractivity contribution in [1.82, 2.24) is 19.7 Å². The van der Waals surface area contributed by atoms with Gasteiger partial charge in [0, 0.05) is 43.9 Å². The van der Waals surface area contributed by atoms with Gasteiger partial charge in [-0.1, -0.05) is 41.2 Å². The van der Waals surface area contributed by atoms with Gasteiger partial charge in [-0.2, -0.15) is 0 Å². The van der Waals surface area contributed by atoms with Crippen LogP contribution in [0.5, 0.6) is 0 Å². The maximum absolute atomic E-state index is 12.9. The van der Waals surface area contributed by atoms with Crippen molar-refractivity contribution in [2.45, 2.75) is 20.4 Å². The van der Waals surface area contributed by atoms with Gasteiger partial charge >= 0.3 is 0 Å². The number of anilines is 1. The highest BCUT2D eigenvalue weighted by molar-refractivity contribution is 7.19. The molecule has 0 aliphatic heterocycles. The molecule has 0 unspecified atom stereocenters. The predicted octanol–water partition coefficient (Wildman–Crippen LogP) is 4.06. The Balaban J connectivity index is 1.67. The van der Waals surface area contributed by atoms with Crippen molar-refractivity contribution in [3.8, 4) is 11.3 Å². The fraction of sp³-hybridized carbons (Fsp3) is 0.261. The van der Waals surface area contributed by atoms with E-state index in [1.165, 1.54) is 16.9 Å². The van der Waals surface area contributed by atoms with Gasteiger partial charge in [-0.3, -0.25) is 14.2 Å². The molecule has 0 bridgehead atoms. The zero-order chi connectivity index (χ0) is 21.8. The van der Waals surface area contributed by atoms with Gasteiger partial charge in [0.1, 0.15) is 16.4 Å². The lowest BCUT2D eigenvalue weighted by Gasteiger charge is -2.10. The van der Waals surface area contributed by atoms with Crippen LogP contribution < -0.4 is 10.6 Å². The Morgan fingerprint density at radius 3 is 2.58 bits per heavy atom. The Labute approximate surface area is 185 Å². The smallest absolute Gasteiger partial charge is 0.263 e. The van der Waals surface area contributed by atoms with E-state index in [-0.39, 0.29) is 5.91 Å². The number of hydrogen-bond acceptors (Lipinski definition) is 6. The van der Waals surface area contributed by atoms with E-state index in [1.807, 2.05) is 23.5 Å². The molecule has 0 saturated carbocycles. The molecule has 8 heteroatoms. The number of methoxy groups -OCH3 is 1. The predicted molar refractivity (Wildman–Crippen MR) is 124 cm³/mol. The number of benzene rings is 1. The Morgan fingerprint density at radius 2 is 1.87 bits per heavy atom. The Hall–Kier alpha value is -3.23. The summed E-state index contributed by atoms with van der Waals surface area (Å²) < 4.78 is 7.23. The normalized spacial score (nSPS) is 11.1. The number of ether oxygens (including phenoxy) is 1. The first-order valence-corrected chi connectivity index (χ1v) is 10.9. The molecule has 0 aliphatic carbocycles. The van der Waals surface area contributed by atoms with Crippen molar-refractivity contribution in [1.29, 1.82) is 0 Å². The fourth-order valence-electron chi connectivity index (χ4n) is 3.37. The number of fused-ring (bicyclic) bond motifs is 1. The second-order valence-electron chi connectivity index (χ2n) is 7.27. The van der Waals surface area contributed by atoms with Crippen LogP contribution >= 0.6 is 11.3 Å².